The predicted octanol–water partition coefficient (Wildman–Crippen LogP) is 3.24. The van der Waals surface area contributed by atoms with E-state index in [1.165, 1.54) is 0 Å². The molecule has 1 aromatic heterocycles. The number of aryl methyl sites for hydroxylation is 2. The standard InChI is InChI=1S/C12H14BrN3/c1-3-4-10-15-11-8(12(14)16-10)5-7(2)6-9(11)13/h5-6H,3-4H2,1-2H3,(H2,14,15,16). The van der Waals surface area contributed by atoms with Crippen LogP contribution in [0.15, 0.2) is 16.6 Å². The lowest BCUT2D eigenvalue weighted by Gasteiger charge is -2.07. The molecule has 2 aromatic rings. The Morgan fingerprint density at radius 1 is 1.31 bits per heavy atom. The number of nitrogen functional groups attached to an aromatic ring is 1. The molecule has 0 aliphatic heterocycles. The van der Waals surface area contributed by atoms with Crippen molar-refractivity contribution in [3.63, 3.8) is 0 Å². The van der Waals surface area contributed by atoms with Gasteiger partial charge in [0.1, 0.15) is 11.6 Å². The SMILES string of the molecule is CCCc1nc(N)c2cc(C)cc(Br)c2n1. The number of aromatic nitrogens is 2. The summed E-state index contributed by atoms with van der Waals surface area (Å²) >= 11 is 3.52. The number of fused-ring (bicyclic) bond motifs is 1. The quantitative estimate of drug-likeness (QED) is 0.918. The molecule has 0 saturated heterocycles. The molecule has 0 saturated carbocycles. The van der Waals surface area contributed by atoms with Gasteiger partial charge in [-0.3, -0.25) is 0 Å². The van der Waals surface area contributed by atoms with Crippen LogP contribution >= 0.6 is 15.9 Å². The van der Waals surface area contributed by atoms with Crippen molar-refractivity contribution >= 4 is 32.7 Å². The number of benzene rings is 1. The molecule has 0 fully saturated rings. The highest BCUT2D eigenvalue weighted by Crippen LogP contribution is 2.27. The van der Waals surface area contributed by atoms with Gasteiger partial charge in [-0.25, -0.2) is 9.97 Å². The number of hydrogen-bond donors (Lipinski definition) is 1. The van der Waals surface area contributed by atoms with Crippen LogP contribution in [0.5, 0.6) is 0 Å². The predicted molar refractivity (Wildman–Crippen MR) is 70.4 cm³/mol. The normalized spacial score (nSPS) is 10.9. The third kappa shape index (κ3) is 2.02. The molecule has 0 atom stereocenters. The Kier molecular flexibility index (Phi) is 3.10. The molecule has 16 heavy (non-hydrogen) atoms. The van der Waals surface area contributed by atoms with Gasteiger partial charge in [0.15, 0.2) is 0 Å². The van der Waals surface area contributed by atoms with Crippen LogP contribution in [0, 0.1) is 6.92 Å². The fraction of sp³-hybridized carbons (Fsp3) is 0.333. The van der Waals surface area contributed by atoms with Gasteiger partial charge in [0, 0.05) is 16.3 Å². The summed E-state index contributed by atoms with van der Waals surface area (Å²) < 4.78 is 0.981. The van der Waals surface area contributed by atoms with Crippen LogP contribution in [0.25, 0.3) is 10.9 Å². The van der Waals surface area contributed by atoms with Crippen molar-refractivity contribution in [2.75, 3.05) is 5.73 Å². The van der Waals surface area contributed by atoms with Gasteiger partial charge in [0.05, 0.1) is 5.52 Å². The molecule has 84 valence electrons. The van der Waals surface area contributed by atoms with Gasteiger partial charge in [-0.15, -0.1) is 0 Å². The minimum Gasteiger partial charge on any atom is -0.383 e. The first-order valence-corrected chi connectivity index (χ1v) is 6.13. The van der Waals surface area contributed by atoms with Crippen LogP contribution in [0.1, 0.15) is 24.7 Å². The maximum absolute atomic E-state index is 5.95. The molecule has 0 unspecified atom stereocenters. The van der Waals surface area contributed by atoms with Gasteiger partial charge in [0.2, 0.25) is 0 Å². The lowest BCUT2D eigenvalue weighted by atomic mass is 10.1. The van der Waals surface area contributed by atoms with Crippen LogP contribution in [0.3, 0.4) is 0 Å². The maximum Gasteiger partial charge on any atom is 0.135 e. The van der Waals surface area contributed by atoms with Crippen molar-refractivity contribution in [2.45, 2.75) is 26.7 Å². The van der Waals surface area contributed by atoms with E-state index in [0.717, 1.165) is 39.6 Å². The van der Waals surface area contributed by atoms with E-state index in [9.17, 15) is 0 Å². The molecule has 1 aromatic carbocycles. The van der Waals surface area contributed by atoms with Gasteiger partial charge in [-0.1, -0.05) is 6.92 Å². The highest BCUT2D eigenvalue weighted by atomic mass is 79.9. The van der Waals surface area contributed by atoms with Crippen molar-refractivity contribution in [1.29, 1.82) is 0 Å². The first-order chi connectivity index (χ1) is 7.61. The second-order valence-corrected chi connectivity index (χ2v) is 4.77. The summed E-state index contributed by atoms with van der Waals surface area (Å²) in [6.45, 7) is 4.14. The minimum atomic E-state index is 0.567. The molecule has 0 aliphatic carbocycles. The van der Waals surface area contributed by atoms with Gasteiger partial charge >= 0.3 is 0 Å². The molecule has 0 spiro atoms. The van der Waals surface area contributed by atoms with E-state index in [-0.39, 0.29) is 0 Å². The zero-order valence-corrected chi connectivity index (χ0v) is 11.0. The van der Waals surface area contributed by atoms with Crippen molar-refractivity contribution < 1.29 is 0 Å². The van der Waals surface area contributed by atoms with Crippen LogP contribution < -0.4 is 5.73 Å². The van der Waals surface area contributed by atoms with Crippen molar-refractivity contribution in [1.82, 2.24) is 9.97 Å². The summed E-state index contributed by atoms with van der Waals surface area (Å²) in [4.78, 5) is 8.85. The van der Waals surface area contributed by atoms with Crippen LogP contribution in [-0.4, -0.2) is 9.97 Å². The highest BCUT2D eigenvalue weighted by molar-refractivity contribution is 9.10. The molecule has 0 bridgehead atoms. The molecule has 0 aliphatic rings. The molecule has 2 N–H and O–H groups in total. The average Bonchev–Trinajstić information content (AvgIpc) is 2.20. The fourth-order valence-electron chi connectivity index (χ4n) is 1.73. The number of nitrogens with two attached hydrogens (primary N) is 1. The second kappa shape index (κ2) is 4.37. The van der Waals surface area contributed by atoms with Crippen LogP contribution in [-0.2, 0) is 6.42 Å². The summed E-state index contributed by atoms with van der Waals surface area (Å²) in [7, 11) is 0. The summed E-state index contributed by atoms with van der Waals surface area (Å²) in [5.74, 6) is 1.38. The van der Waals surface area contributed by atoms with E-state index in [0.29, 0.717) is 5.82 Å². The molecular weight excluding hydrogens is 266 g/mol. The Hall–Kier alpha value is -1.16. The average molecular weight is 280 g/mol. The van der Waals surface area contributed by atoms with E-state index in [2.05, 4.69) is 32.8 Å². The largest absolute Gasteiger partial charge is 0.383 e. The Balaban J connectivity index is 2.71. The first kappa shape index (κ1) is 11.3. The maximum atomic E-state index is 5.95. The third-order valence-electron chi connectivity index (χ3n) is 2.45. The summed E-state index contributed by atoms with van der Waals surface area (Å²) in [6.07, 6.45) is 1.88. The van der Waals surface area contributed by atoms with Crippen molar-refractivity contribution in [3.05, 3.63) is 28.0 Å². The van der Waals surface area contributed by atoms with E-state index >= 15 is 0 Å². The molecule has 3 nitrogen and oxygen atoms in total. The van der Waals surface area contributed by atoms with Gasteiger partial charge in [0.25, 0.3) is 0 Å². The monoisotopic (exact) mass is 279 g/mol. The number of hydrogen-bond acceptors (Lipinski definition) is 3. The van der Waals surface area contributed by atoms with E-state index in [4.69, 9.17) is 5.73 Å². The second-order valence-electron chi connectivity index (χ2n) is 3.92. The van der Waals surface area contributed by atoms with Crippen LogP contribution in [0.4, 0.5) is 5.82 Å². The lowest BCUT2D eigenvalue weighted by molar-refractivity contribution is 0.846. The first-order valence-electron chi connectivity index (χ1n) is 5.34. The van der Waals surface area contributed by atoms with Crippen LogP contribution in [0.2, 0.25) is 0 Å². The smallest absolute Gasteiger partial charge is 0.135 e. The Bertz CT molecular complexity index is 537. The fourth-order valence-corrected chi connectivity index (χ4v) is 2.40. The van der Waals surface area contributed by atoms with Crippen molar-refractivity contribution in [2.24, 2.45) is 0 Å². The van der Waals surface area contributed by atoms with E-state index in [1.54, 1.807) is 0 Å². The zero-order valence-electron chi connectivity index (χ0n) is 9.42. The van der Waals surface area contributed by atoms with E-state index in [1.807, 2.05) is 19.1 Å². The van der Waals surface area contributed by atoms with Gasteiger partial charge < -0.3 is 5.73 Å². The molecule has 0 amide bonds. The lowest BCUT2D eigenvalue weighted by Crippen LogP contribution is -2.01. The third-order valence-corrected chi connectivity index (χ3v) is 3.05. The zero-order chi connectivity index (χ0) is 11.7. The molecule has 2 rings (SSSR count). The Morgan fingerprint density at radius 2 is 2.06 bits per heavy atom. The van der Waals surface area contributed by atoms with Gasteiger partial charge in [-0.2, -0.15) is 0 Å². The van der Waals surface area contributed by atoms with Crippen molar-refractivity contribution in [3.8, 4) is 0 Å². The number of rotatable bonds is 2. The number of nitrogens with zero attached hydrogens (tertiary/aromatic N) is 2. The summed E-state index contributed by atoms with van der Waals surface area (Å²) in [5, 5.41) is 0.923. The molecule has 1 heterocycles. The molecule has 0 radical (unpaired) electrons. The van der Waals surface area contributed by atoms with Gasteiger partial charge in [-0.05, 0) is 47.0 Å². The Morgan fingerprint density at radius 3 is 2.75 bits per heavy atom. The summed E-state index contributed by atoms with van der Waals surface area (Å²) in [5.41, 5.74) is 8.01. The number of anilines is 1. The number of halogens is 1. The molecular formula is C12H14BrN3. The Labute approximate surface area is 103 Å². The topological polar surface area (TPSA) is 51.8 Å². The highest BCUT2D eigenvalue weighted by Gasteiger charge is 2.08. The molecule has 4 heteroatoms. The summed E-state index contributed by atoms with van der Waals surface area (Å²) in [6, 6.07) is 4.07. The minimum absolute atomic E-state index is 0.567. The van der Waals surface area contributed by atoms with E-state index < -0.39 is 0 Å².